The number of rotatable bonds is 7. The monoisotopic (exact) mass is 340 g/mol. The van der Waals surface area contributed by atoms with Crippen LogP contribution in [0.15, 0.2) is 48.6 Å². The predicted octanol–water partition coefficient (Wildman–Crippen LogP) is 3.71. The lowest BCUT2D eigenvalue weighted by atomic mass is 10.1. The number of ketones is 1. The summed E-state index contributed by atoms with van der Waals surface area (Å²) in [5.74, 6) is 1.69. The Bertz CT molecular complexity index is 806. The molecular weight excluding hydrogens is 320 g/mol. The Morgan fingerprint density at radius 2 is 1.60 bits per heavy atom. The van der Waals surface area contributed by atoms with Crippen LogP contribution in [0.4, 0.5) is 0 Å². The van der Waals surface area contributed by atoms with Crippen LogP contribution in [0.3, 0.4) is 0 Å². The van der Waals surface area contributed by atoms with Crippen molar-refractivity contribution in [3.63, 3.8) is 0 Å². The van der Waals surface area contributed by atoms with Crippen molar-refractivity contribution in [2.75, 3.05) is 21.3 Å². The second-order valence-corrected chi connectivity index (χ2v) is 5.11. The first-order valence-corrected chi connectivity index (χ1v) is 7.56. The molecule has 2 aromatic carbocycles. The zero-order chi connectivity index (χ0) is 18.2. The minimum atomic E-state index is -0.211. The fourth-order valence-electron chi connectivity index (χ4n) is 2.16. The number of carbonyl (C=O) groups excluding carboxylic acids is 1. The maximum Gasteiger partial charge on any atom is 0.178 e. The van der Waals surface area contributed by atoms with E-state index in [1.165, 1.54) is 25.3 Å². The predicted molar refractivity (Wildman–Crippen MR) is 97.3 cm³/mol. The summed E-state index contributed by atoms with van der Waals surface area (Å²) in [7, 11) is 4.66. The molecule has 1 N–H and O–H groups in total. The number of phenols is 1. The van der Waals surface area contributed by atoms with Gasteiger partial charge in [-0.3, -0.25) is 4.79 Å². The van der Waals surface area contributed by atoms with Crippen LogP contribution in [0.2, 0.25) is 0 Å². The average molecular weight is 340 g/mol. The van der Waals surface area contributed by atoms with Crippen LogP contribution in [-0.4, -0.2) is 32.2 Å². The lowest BCUT2D eigenvalue weighted by molar-refractivity contribution is -0.110. The molecule has 25 heavy (non-hydrogen) atoms. The summed E-state index contributed by atoms with van der Waals surface area (Å²) in [6.07, 6.45) is 6.04. The molecule has 2 aromatic rings. The maximum atomic E-state index is 12.0. The zero-order valence-corrected chi connectivity index (χ0v) is 14.4. The molecule has 0 bridgehead atoms. The van der Waals surface area contributed by atoms with Gasteiger partial charge in [0.15, 0.2) is 17.3 Å². The second-order valence-electron chi connectivity index (χ2n) is 5.11. The van der Waals surface area contributed by atoms with E-state index in [1.807, 2.05) is 6.07 Å². The smallest absolute Gasteiger partial charge is 0.178 e. The average Bonchev–Trinajstić information content (AvgIpc) is 2.65. The summed E-state index contributed by atoms with van der Waals surface area (Å²) < 4.78 is 15.5. The molecule has 0 atom stereocenters. The molecule has 0 heterocycles. The minimum absolute atomic E-state index is 0.0775. The molecule has 0 spiro atoms. The summed E-state index contributed by atoms with van der Waals surface area (Å²) in [6, 6.07) is 10.2. The third-order valence-corrected chi connectivity index (χ3v) is 3.51. The Morgan fingerprint density at radius 3 is 2.28 bits per heavy atom. The molecule has 0 unspecified atom stereocenters. The molecule has 130 valence electrons. The summed E-state index contributed by atoms with van der Waals surface area (Å²) in [6.45, 7) is 0. The SMILES string of the molecule is COc1ccc(O)c(/C=C/C(=O)/C=C/c2ccc(OC)c(OC)c2)c1. The van der Waals surface area contributed by atoms with E-state index < -0.39 is 0 Å². The molecule has 5 heteroatoms. The van der Waals surface area contributed by atoms with Crippen molar-refractivity contribution in [1.29, 1.82) is 0 Å². The number of phenolic OH excluding ortho intramolecular Hbond substituents is 1. The third-order valence-electron chi connectivity index (χ3n) is 3.51. The Labute approximate surface area is 146 Å². The summed E-state index contributed by atoms with van der Waals surface area (Å²) in [4.78, 5) is 12.0. The number of benzene rings is 2. The molecule has 2 rings (SSSR count). The standard InChI is InChI=1S/C20H20O5/c1-23-17-9-10-18(22)15(13-17)6-8-16(21)7-4-14-5-11-19(24-2)20(12-14)25-3/h4-13,22H,1-3H3/b7-4+,8-6+. The van der Waals surface area contributed by atoms with Gasteiger partial charge in [0.1, 0.15) is 11.5 Å². The van der Waals surface area contributed by atoms with Gasteiger partial charge in [0.2, 0.25) is 0 Å². The summed E-state index contributed by atoms with van der Waals surface area (Å²) in [5, 5.41) is 9.80. The highest BCUT2D eigenvalue weighted by Gasteiger charge is 2.03. The van der Waals surface area contributed by atoms with E-state index in [0.717, 1.165) is 5.56 Å². The summed E-state index contributed by atoms with van der Waals surface area (Å²) in [5.41, 5.74) is 1.32. The molecule has 0 saturated carbocycles. The molecule has 5 nitrogen and oxygen atoms in total. The van der Waals surface area contributed by atoms with Gasteiger partial charge in [0, 0.05) is 5.56 Å². The van der Waals surface area contributed by atoms with Crippen molar-refractivity contribution in [1.82, 2.24) is 0 Å². The van der Waals surface area contributed by atoms with Crippen LogP contribution in [0, 0.1) is 0 Å². The van der Waals surface area contributed by atoms with E-state index >= 15 is 0 Å². The van der Waals surface area contributed by atoms with Crippen molar-refractivity contribution in [3.8, 4) is 23.0 Å². The fourth-order valence-corrected chi connectivity index (χ4v) is 2.16. The second kappa shape index (κ2) is 8.59. The lowest BCUT2D eigenvalue weighted by Crippen LogP contribution is -1.91. The maximum absolute atomic E-state index is 12.0. The highest BCUT2D eigenvalue weighted by atomic mass is 16.5. The van der Waals surface area contributed by atoms with Crippen LogP contribution < -0.4 is 14.2 Å². The van der Waals surface area contributed by atoms with Gasteiger partial charge < -0.3 is 19.3 Å². The van der Waals surface area contributed by atoms with Gasteiger partial charge in [-0.05, 0) is 54.1 Å². The van der Waals surface area contributed by atoms with Crippen LogP contribution >= 0.6 is 0 Å². The van der Waals surface area contributed by atoms with E-state index in [4.69, 9.17) is 14.2 Å². The van der Waals surface area contributed by atoms with Crippen molar-refractivity contribution in [2.45, 2.75) is 0 Å². The molecule has 0 aliphatic carbocycles. The lowest BCUT2D eigenvalue weighted by Gasteiger charge is -2.07. The number of carbonyl (C=O) groups is 1. The Balaban J connectivity index is 2.10. The van der Waals surface area contributed by atoms with Crippen LogP contribution in [-0.2, 0) is 4.79 Å². The fraction of sp³-hybridized carbons (Fsp3) is 0.150. The molecular formula is C20H20O5. The minimum Gasteiger partial charge on any atom is -0.507 e. The van der Waals surface area contributed by atoms with Crippen molar-refractivity contribution in [2.24, 2.45) is 0 Å². The van der Waals surface area contributed by atoms with E-state index in [9.17, 15) is 9.90 Å². The molecule has 0 saturated heterocycles. The normalized spacial score (nSPS) is 11.0. The first kappa shape index (κ1) is 18.1. The molecule has 0 radical (unpaired) electrons. The van der Waals surface area contributed by atoms with Gasteiger partial charge >= 0.3 is 0 Å². The van der Waals surface area contributed by atoms with Gasteiger partial charge in [-0.15, -0.1) is 0 Å². The third kappa shape index (κ3) is 4.88. The summed E-state index contributed by atoms with van der Waals surface area (Å²) >= 11 is 0. The van der Waals surface area contributed by atoms with Crippen LogP contribution in [0.1, 0.15) is 11.1 Å². The highest BCUT2D eigenvalue weighted by molar-refractivity contribution is 6.04. The highest BCUT2D eigenvalue weighted by Crippen LogP contribution is 2.28. The number of hydrogen-bond donors (Lipinski definition) is 1. The molecule has 0 amide bonds. The number of aromatic hydroxyl groups is 1. The zero-order valence-electron chi connectivity index (χ0n) is 14.4. The Hall–Kier alpha value is -3.21. The van der Waals surface area contributed by atoms with Crippen molar-refractivity contribution < 1.29 is 24.1 Å². The largest absolute Gasteiger partial charge is 0.507 e. The van der Waals surface area contributed by atoms with Gasteiger partial charge in [0.25, 0.3) is 0 Å². The molecule has 0 aliphatic heterocycles. The van der Waals surface area contributed by atoms with Gasteiger partial charge in [0.05, 0.1) is 21.3 Å². The van der Waals surface area contributed by atoms with Crippen molar-refractivity contribution >= 4 is 17.9 Å². The van der Waals surface area contributed by atoms with Crippen molar-refractivity contribution in [3.05, 3.63) is 59.7 Å². The molecule has 0 aromatic heterocycles. The topological polar surface area (TPSA) is 65.0 Å². The van der Waals surface area contributed by atoms with Gasteiger partial charge in [-0.2, -0.15) is 0 Å². The number of hydrogen-bond acceptors (Lipinski definition) is 5. The van der Waals surface area contributed by atoms with Crippen LogP contribution in [0.5, 0.6) is 23.0 Å². The van der Waals surface area contributed by atoms with Crippen LogP contribution in [0.25, 0.3) is 12.2 Å². The van der Waals surface area contributed by atoms with Gasteiger partial charge in [-0.1, -0.05) is 12.1 Å². The number of methoxy groups -OCH3 is 3. The molecule has 0 fully saturated rings. The first-order chi connectivity index (χ1) is 12.1. The Morgan fingerprint density at radius 1 is 0.880 bits per heavy atom. The quantitative estimate of drug-likeness (QED) is 0.778. The van der Waals surface area contributed by atoms with E-state index in [0.29, 0.717) is 22.8 Å². The van der Waals surface area contributed by atoms with Gasteiger partial charge in [-0.25, -0.2) is 0 Å². The number of ether oxygens (including phenoxy) is 3. The van der Waals surface area contributed by atoms with E-state index in [-0.39, 0.29) is 11.5 Å². The molecule has 0 aliphatic rings. The van der Waals surface area contributed by atoms with E-state index in [2.05, 4.69) is 0 Å². The first-order valence-electron chi connectivity index (χ1n) is 7.56. The number of allylic oxidation sites excluding steroid dienone is 2. The Kier molecular flexibility index (Phi) is 6.23. The van der Waals surface area contributed by atoms with E-state index in [1.54, 1.807) is 50.6 Å².